The lowest BCUT2D eigenvalue weighted by atomic mass is 9.59. The normalized spacial score (nSPS) is 75.3. The third-order valence-corrected chi connectivity index (χ3v) is 4.44. The van der Waals surface area contributed by atoms with Crippen molar-refractivity contribution in [2.75, 3.05) is 0 Å². The van der Waals surface area contributed by atoms with E-state index in [1.807, 2.05) is 0 Å². The molecule has 3 aliphatic carbocycles. The molecule has 3 fully saturated rings. The van der Waals surface area contributed by atoms with Crippen LogP contribution in [0.15, 0.2) is 0 Å². The molecule has 3 rings (SSSR count). The molecule has 0 nitrogen and oxygen atoms in total. The van der Waals surface area contributed by atoms with Gasteiger partial charge in [0.2, 0.25) is 0 Å². The first-order chi connectivity index (χ1) is 4.27. The monoisotopic (exact) mass is 122 g/mol. The summed E-state index contributed by atoms with van der Waals surface area (Å²) in [5.41, 5.74) is 0.958. The minimum absolute atomic E-state index is 0.958. The van der Waals surface area contributed by atoms with E-state index in [2.05, 4.69) is 13.8 Å². The Kier molecular flexibility index (Phi) is 0.518. The second-order valence-corrected chi connectivity index (χ2v) is 4.53. The molecule has 0 saturated heterocycles. The van der Waals surface area contributed by atoms with Gasteiger partial charge in [0.15, 0.2) is 0 Å². The first kappa shape index (κ1) is 4.76. The Hall–Kier alpha value is 0. The van der Waals surface area contributed by atoms with Crippen molar-refractivity contribution in [3.05, 3.63) is 0 Å². The Morgan fingerprint density at radius 1 is 1.22 bits per heavy atom. The van der Waals surface area contributed by atoms with Crippen LogP contribution in [-0.4, -0.2) is 0 Å². The highest BCUT2D eigenvalue weighted by Gasteiger charge is 2.81. The molecule has 0 heterocycles. The van der Waals surface area contributed by atoms with Gasteiger partial charge in [0.25, 0.3) is 0 Å². The van der Waals surface area contributed by atoms with Crippen LogP contribution in [0.3, 0.4) is 0 Å². The van der Waals surface area contributed by atoms with Crippen molar-refractivity contribution in [3.63, 3.8) is 0 Å². The predicted octanol–water partition coefficient (Wildman–Crippen LogP) is 2.30. The van der Waals surface area contributed by atoms with Gasteiger partial charge in [-0.15, -0.1) is 0 Å². The van der Waals surface area contributed by atoms with Crippen LogP contribution in [0.5, 0.6) is 0 Å². The van der Waals surface area contributed by atoms with Crippen molar-refractivity contribution in [1.82, 2.24) is 0 Å². The molecule has 0 aliphatic heterocycles. The molecule has 0 aromatic rings. The van der Waals surface area contributed by atoms with Crippen LogP contribution in [0.25, 0.3) is 0 Å². The summed E-state index contributed by atoms with van der Waals surface area (Å²) in [6.45, 7) is 4.87. The maximum absolute atomic E-state index is 2.46. The lowest BCUT2D eigenvalue weighted by Gasteiger charge is -2.46. The number of hydrogen-bond acceptors (Lipinski definition) is 0. The Morgan fingerprint density at radius 3 is 2.00 bits per heavy atom. The molecule has 0 bridgehead atoms. The molecule has 0 heteroatoms. The van der Waals surface area contributed by atoms with Gasteiger partial charge in [-0.3, -0.25) is 0 Å². The van der Waals surface area contributed by atoms with E-state index in [4.69, 9.17) is 0 Å². The average Bonchev–Trinajstić information content (AvgIpc) is 2.65. The van der Waals surface area contributed by atoms with E-state index in [0.29, 0.717) is 0 Å². The standard InChI is InChI=1S/C9H14/c1-5-4-9(6(5)2)7-3-8(7)9/h5-8H,3-4H2,1-2H3. The van der Waals surface area contributed by atoms with Crippen LogP contribution in [-0.2, 0) is 0 Å². The van der Waals surface area contributed by atoms with E-state index in [0.717, 1.165) is 17.3 Å². The molecule has 0 N–H and O–H groups in total. The molecule has 1 spiro atoms. The molecular weight excluding hydrogens is 108 g/mol. The first-order valence-corrected chi connectivity index (χ1v) is 4.27. The van der Waals surface area contributed by atoms with E-state index < -0.39 is 0 Å². The fourth-order valence-electron chi connectivity index (χ4n) is 3.37. The molecule has 4 unspecified atom stereocenters. The second kappa shape index (κ2) is 0.980. The van der Waals surface area contributed by atoms with Gasteiger partial charge in [-0.25, -0.2) is 0 Å². The molecule has 0 aromatic carbocycles. The maximum Gasteiger partial charge on any atom is -0.0204 e. The van der Waals surface area contributed by atoms with E-state index in [1.165, 1.54) is 11.8 Å². The minimum atomic E-state index is 0.958. The Labute approximate surface area is 56.6 Å². The summed E-state index contributed by atoms with van der Waals surface area (Å²) in [5, 5.41) is 0. The fourth-order valence-corrected chi connectivity index (χ4v) is 3.37. The largest absolute Gasteiger partial charge is 0.0622 e. The highest BCUT2D eigenvalue weighted by molar-refractivity contribution is 5.29. The molecule has 0 aromatic heterocycles. The number of rotatable bonds is 0. The van der Waals surface area contributed by atoms with Crippen molar-refractivity contribution in [2.45, 2.75) is 26.7 Å². The van der Waals surface area contributed by atoms with Gasteiger partial charge in [0, 0.05) is 0 Å². The van der Waals surface area contributed by atoms with E-state index in [-0.39, 0.29) is 0 Å². The quantitative estimate of drug-likeness (QED) is 0.462. The first-order valence-electron chi connectivity index (χ1n) is 4.27. The third kappa shape index (κ3) is 0.300. The Balaban J connectivity index is 1.85. The van der Waals surface area contributed by atoms with Crippen molar-refractivity contribution in [2.24, 2.45) is 29.1 Å². The van der Waals surface area contributed by atoms with Gasteiger partial charge < -0.3 is 0 Å². The van der Waals surface area contributed by atoms with Crippen molar-refractivity contribution in [1.29, 1.82) is 0 Å². The second-order valence-electron chi connectivity index (χ2n) is 4.53. The zero-order valence-electron chi connectivity index (χ0n) is 6.22. The minimum Gasteiger partial charge on any atom is -0.0622 e. The van der Waals surface area contributed by atoms with Crippen LogP contribution in [0.1, 0.15) is 26.7 Å². The molecule has 0 amide bonds. The highest BCUT2D eigenvalue weighted by Crippen LogP contribution is 2.87. The number of hydrogen-bond donors (Lipinski definition) is 0. The zero-order chi connectivity index (χ0) is 6.22. The predicted molar refractivity (Wildman–Crippen MR) is 37.0 cm³/mol. The Bertz CT molecular complexity index is 163. The molecule has 3 saturated carbocycles. The molecule has 4 atom stereocenters. The summed E-state index contributed by atoms with van der Waals surface area (Å²) < 4.78 is 0. The summed E-state index contributed by atoms with van der Waals surface area (Å²) in [6.07, 6.45) is 3.17. The summed E-state index contributed by atoms with van der Waals surface area (Å²) in [6, 6.07) is 0. The van der Waals surface area contributed by atoms with E-state index >= 15 is 0 Å². The third-order valence-electron chi connectivity index (χ3n) is 4.44. The van der Waals surface area contributed by atoms with Crippen LogP contribution in [0, 0.1) is 29.1 Å². The van der Waals surface area contributed by atoms with Crippen molar-refractivity contribution < 1.29 is 0 Å². The topological polar surface area (TPSA) is 0 Å². The van der Waals surface area contributed by atoms with Gasteiger partial charge in [-0.2, -0.15) is 0 Å². The van der Waals surface area contributed by atoms with Crippen LogP contribution >= 0.6 is 0 Å². The van der Waals surface area contributed by atoms with E-state index in [1.54, 1.807) is 12.8 Å². The molecular formula is C9H14. The number of fused-ring (bicyclic) bond motifs is 3. The van der Waals surface area contributed by atoms with Crippen LogP contribution in [0.4, 0.5) is 0 Å². The average molecular weight is 122 g/mol. The summed E-state index contributed by atoms with van der Waals surface area (Å²) in [7, 11) is 0. The van der Waals surface area contributed by atoms with Crippen LogP contribution < -0.4 is 0 Å². The molecule has 0 radical (unpaired) electrons. The van der Waals surface area contributed by atoms with Gasteiger partial charge in [-0.05, 0) is 41.9 Å². The summed E-state index contributed by atoms with van der Waals surface area (Å²) in [4.78, 5) is 0. The highest BCUT2D eigenvalue weighted by atomic mass is 14.9. The smallest absolute Gasteiger partial charge is 0.0204 e. The lowest BCUT2D eigenvalue weighted by Crippen LogP contribution is -2.39. The van der Waals surface area contributed by atoms with Gasteiger partial charge in [0.05, 0.1) is 0 Å². The SMILES string of the molecule is CC1CC2(C1C)C1CC12. The molecule has 3 aliphatic rings. The van der Waals surface area contributed by atoms with Gasteiger partial charge in [-0.1, -0.05) is 13.8 Å². The van der Waals surface area contributed by atoms with Crippen LogP contribution in [0.2, 0.25) is 0 Å². The zero-order valence-corrected chi connectivity index (χ0v) is 6.22. The van der Waals surface area contributed by atoms with Gasteiger partial charge in [0.1, 0.15) is 0 Å². The van der Waals surface area contributed by atoms with Crippen molar-refractivity contribution >= 4 is 0 Å². The Morgan fingerprint density at radius 2 is 1.89 bits per heavy atom. The lowest BCUT2D eigenvalue weighted by molar-refractivity contribution is 0.0258. The van der Waals surface area contributed by atoms with E-state index in [9.17, 15) is 0 Å². The fraction of sp³-hybridized carbons (Fsp3) is 1.00. The summed E-state index contributed by atoms with van der Waals surface area (Å²) >= 11 is 0. The molecule has 50 valence electrons. The summed E-state index contributed by atoms with van der Waals surface area (Å²) in [5.74, 6) is 4.59. The molecule has 9 heavy (non-hydrogen) atoms. The van der Waals surface area contributed by atoms with Crippen molar-refractivity contribution in [3.8, 4) is 0 Å². The maximum atomic E-state index is 2.46. The van der Waals surface area contributed by atoms with Gasteiger partial charge >= 0.3 is 0 Å².